The Balaban J connectivity index is 1.67. The molecule has 4 rings (SSSR count). The van der Waals surface area contributed by atoms with E-state index in [0.717, 1.165) is 12.1 Å². The molecule has 0 aliphatic carbocycles. The Morgan fingerprint density at radius 3 is 2.25 bits per heavy atom. The fourth-order valence-electron chi connectivity index (χ4n) is 3.61. The first-order chi connectivity index (χ1) is 15.5. The quantitative estimate of drug-likeness (QED) is 0.362. The van der Waals surface area contributed by atoms with Gasteiger partial charge in [0.2, 0.25) is 0 Å². The number of para-hydroxylation sites is 1. The van der Waals surface area contributed by atoms with Gasteiger partial charge in [0.05, 0.1) is 11.3 Å². The van der Waals surface area contributed by atoms with Crippen LogP contribution in [0, 0.1) is 17.5 Å². The molecular formula is C26H21F3N2O. The number of benzene rings is 3. The minimum Gasteiger partial charge on any atom is -0.334 e. The molecular weight excluding hydrogens is 413 g/mol. The number of aromatic nitrogens is 1. The minimum absolute atomic E-state index is 0.0700. The van der Waals surface area contributed by atoms with Crippen molar-refractivity contribution in [3.8, 4) is 5.69 Å². The second-order valence-electron chi connectivity index (χ2n) is 7.41. The lowest BCUT2D eigenvalue weighted by atomic mass is 10.1. The van der Waals surface area contributed by atoms with E-state index < -0.39 is 11.6 Å². The molecule has 4 aromatic rings. The molecule has 32 heavy (non-hydrogen) atoms. The number of rotatable bonds is 7. The van der Waals surface area contributed by atoms with Gasteiger partial charge in [-0.3, -0.25) is 4.79 Å². The standard InChI is InChI=1S/C26H21F3N2O/c27-21-12-11-20(24(29)17-21)18-31(16-13-19-7-1-3-9-23(19)28)26(32)22-8-2-4-10-25(22)30-14-5-6-15-30/h1-12,14-15,17H,13,16,18H2. The minimum atomic E-state index is -0.729. The normalized spacial score (nSPS) is 10.8. The van der Waals surface area contributed by atoms with Crippen molar-refractivity contribution in [2.45, 2.75) is 13.0 Å². The Hall–Kier alpha value is -3.80. The van der Waals surface area contributed by atoms with E-state index >= 15 is 0 Å². The summed E-state index contributed by atoms with van der Waals surface area (Å²) in [5, 5.41) is 0. The third-order valence-corrected chi connectivity index (χ3v) is 5.29. The van der Waals surface area contributed by atoms with Crippen molar-refractivity contribution in [3.63, 3.8) is 0 Å². The van der Waals surface area contributed by atoms with Crippen molar-refractivity contribution < 1.29 is 18.0 Å². The maximum atomic E-state index is 14.4. The average molecular weight is 434 g/mol. The van der Waals surface area contributed by atoms with Gasteiger partial charge >= 0.3 is 0 Å². The molecule has 0 aliphatic heterocycles. The molecule has 0 bridgehead atoms. The third-order valence-electron chi connectivity index (χ3n) is 5.29. The lowest BCUT2D eigenvalue weighted by Crippen LogP contribution is -2.33. The predicted molar refractivity (Wildman–Crippen MR) is 117 cm³/mol. The van der Waals surface area contributed by atoms with Gasteiger partial charge in [-0.05, 0) is 48.4 Å². The van der Waals surface area contributed by atoms with Crippen molar-refractivity contribution >= 4 is 5.91 Å². The van der Waals surface area contributed by atoms with Crippen LogP contribution in [0.1, 0.15) is 21.5 Å². The van der Waals surface area contributed by atoms with Gasteiger partial charge in [0.1, 0.15) is 17.5 Å². The van der Waals surface area contributed by atoms with E-state index in [1.165, 1.54) is 17.0 Å². The monoisotopic (exact) mass is 434 g/mol. The first kappa shape index (κ1) is 21.4. The molecule has 0 atom stereocenters. The molecule has 0 saturated carbocycles. The van der Waals surface area contributed by atoms with Crippen LogP contribution in [-0.2, 0) is 13.0 Å². The Kier molecular flexibility index (Phi) is 6.40. The summed E-state index contributed by atoms with van der Waals surface area (Å²) in [5.74, 6) is -2.10. The van der Waals surface area contributed by atoms with Gasteiger partial charge in [0.25, 0.3) is 5.91 Å². The van der Waals surface area contributed by atoms with Crippen LogP contribution in [0.3, 0.4) is 0 Å². The molecule has 3 nitrogen and oxygen atoms in total. The Labute approximate surface area is 184 Å². The van der Waals surface area contributed by atoms with Crippen LogP contribution in [0.2, 0.25) is 0 Å². The van der Waals surface area contributed by atoms with Gasteiger partial charge in [0, 0.05) is 37.1 Å². The molecule has 0 unspecified atom stereocenters. The van der Waals surface area contributed by atoms with Gasteiger partial charge in [0.15, 0.2) is 0 Å². The molecule has 0 N–H and O–H groups in total. The highest BCUT2D eigenvalue weighted by Gasteiger charge is 2.21. The molecule has 0 aliphatic rings. The first-order valence-electron chi connectivity index (χ1n) is 10.2. The highest BCUT2D eigenvalue weighted by molar-refractivity contribution is 5.97. The predicted octanol–water partition coefficient (Wildman–Crippen LogP) is 5.78. The highest BCUT2D eigenvalue weighted by Crippen LogP contribution is 2.20. The maximum Gasteiger partial charge on any atom is 0.256 e. The summed E-state index contributed by atoms with van der Waals surface area (Å²) in [6, 6.07) is 20.4. The number of carbonyl (C=O) groups excluding carboxylic acids is 1. The fraction of sp³-hybridized carbons (Fsp3) is 0.115. The Morgan fingerprint density at radius 1 is 0.781 bits per heavy atom. The summed E-state index contributed by atoms with van der Waals surface area (Å²) in [4.78, 5) is 15.0. The van der Waals surface area contributed by atoms with Crippen molar-refractivity contribution in [1.29, 1.82) is 0 Å². The highest BCUT2D eigenvalue weighted by atomic mass is 19.1. The number of halogens is 3. The van der Waals surface area contributed by atoms with E-state index in [1.807, 2.05) is 41.2 Å². The fourth-order valence-corrected chi connectivity index (χ4v) is 3.61. The van der Waals surface area contributed by atoms with Crippen LogP contribution in [0.25, 0.3) is 5.69 Å². The van der Waals surface area contributed by atoms with E-state index in [2.05, 4.69) is 0 Å². The van der Waals surface area contributed by atoms with Crippen molar-refractivity contribution in [3.05, 3.63) is 125 Å². The van der Waals surface area contributed by atoms with E-state index in [-0.39, 0.29) is 36.8 Å². The van der Waals surface area contributed by atoms with Crippen LogP contribution < -0.4 is 0 Å². The molecule has 1 amide bonds. The number of carbonyl (C=O) groups is 1. The molecule has 3 aromatic carbocycles. The van der Waals surface area contributed by atoms with Gasteiger partial charge in [-0.25, -0.2) is 13.2 Å². The van der Waals surface area contributed by atoms with Crippen molar-refractivity contribution in [1.82, 2.24) is 9.47 Å². The van der Waals surface area contributed by atoms with Crippen LogP contribution in [-0.4, -0.2) is 21.9 Å². The summed E-state index contributed by atoms with van der Waals surface area (Å²) in [6.07, 6.45) is 3.91. The van der Waals surface area contributed by atoms with E-state index in [0.29, 0.717) is 16.8 Å². The van der Waals surface area contributed by atoms with Gasteiger partial charge in [-0.2, -0.15) is 0 Å². The number of amides is 1. The number of hydrogen-bond acceptors (Lipinski definition) is 1. The summed E-state index contributed by atoms with van der Waals surface area (Å²) in [5.41, 5.74) is 1.76. The first-order valence-corrected chi connectivity index (χ1v) is 10.2. The smallest absolute Gasteiger partial charge is 0.256 e. The number of hydrogen-bond donors (Lipinski definition) is 0. The number of nitrogens with zero attached hydrogens (tertiary/aromatic N) is 2. The molecule has 0 fully saturated rings. The Morgan fingerprint density at radius 2 is 1.50 bits per heavy atom. The summed E-state index contributed by atoms with van der Waals surface area (Å²) in [7, 11) is 0. The van der Waals surface area contributed by atoms with E-state index in [4.69, 9.17) is 0 Å². The third kappa shape index (κ3) is 4.75. The molecule has 1 aromatic heterocycles. The van der Waals surface area contributed by atoms with Crippen LogP contribution >= 0.6 is 0 Å². The van der Waals surface area contributed by atoms with Gasteiger partial charge in [-0.1, -0.05) is 36.4 Å². The van der Waals surface area contributed by atoms with Crippen LogP contribution in [0.4, 0.5) is 13.2 Å². The average Bonchev–Trinajstić information content (AvgIpc) is 3.33. The van der Waals surface area contributed by atoms with Crippen molar-refractivity contribution in [2.75, 3.05) is 6.54 Å². The van der Waals surface area contributed by atoms with Gasteiger partial charge < -0.3 is 9.47 Å². The van der Waals surface area contributed by atoms with Crippen LogP contribution in [0.15, 0.2) is 91.3 Å². The summed E-state index contributed by atoms with van der Waals surface area (Å²) in [6.45, 7) is 0.0933. The lowest BCUT2D eigenvalue weighted by molar-refractivity contribution is 0.0743. The van der Waals surface area contributed by atoms with Crippen LogP contribution in [0.5, 0.6) is 0 Å². The zero-order valence-corrected chi connectivity index (χ0v) is 17.2. The lowest BCUT2D eigenvalue weighted by Gasteiger charge is -2.25. The zero-order valence-electron chi connectivity index (χ0n) is 17.2. The van der Waals surface area contributed by atoms with E-state index in [1.54, 1.807) is 30.3 Å². The molecule has 6 heteroatoms. The molecule has 0 saturated heterocycles. The Bertz CT molecular complexity index is 1220. The summed E-state index contributed by atoms with van der Waals surface area (Å²) < 4.78 is 43.7. The topological polar surface area (TPSA) is 25.2 Å². The SMILES string of the molecule is O=C(c1ccccc1-n1cccc1)N(CCc1ccccc1F)Cc1ccc(F)cc1F. The maximum absolute atomic E-state index is 14.4. The van der Waals surface area contributed by atoms with E-state index in [9.17, 15) is 18.0 Å². The zero-order chi connectivity index (χ0) is 22.5. The molecule has 162 valence electrons. The second kappa shape index (κ2) is 9.56. The summed E-state index contributed by atoms with van der Waals surface area (Å²) >= 11 is 0. The molecule has 1 heterocycles. The molecule has 0 spiro atoms. The second-order valence-corrected chi connectivity index (χ2v) is 7.41. The molecule has 0 radical (unpaired) electrons. The largest absolute Gasteiger partial charge is 0.334 e. The van der Waals surface area contributed by atoms with Gasteiger partial charge in [-0.15, -0.1) is 0 Å². The van der Waals surface area contributed by atoms with Crippen molar-refractivity contribution in [2.24, 2.45) is 0 Å².